The van der Waals surface area contributed by atoms with Crippen LogP contribution in [0.15, 0.2) is 22.6 Å². The predicted octanol–water partition coefficient (Wildman–Crippen LogP) is 1.56. The van der Waals surface area contributed by atoms with Crippen LogP contribution in [-0.4, -0.2) is 43.4 Å². The van der Waals surface area contributed by atoms with Crippen molar-refractivity contribution >= 4 is 27.5 Å². The van der Waals surface area contributed by atoms with Crippen LogP contribution in [0.2, 0.25) is 0 Å². The van der Waals surface area contributed by atoms with Gasteiger partial charge in [0.05, 0.1) is 17.3 Å². The Morgan fingerprint density at radius 3 is 2.76 bits per heavy atom. The number of fused-ring (bicyclic) bond motifs is 2. The van der Waals surface area contributed by atoms with Crippen LogP contribution in [-0.2, 0) is 13.0 Å². The Bertz CT molecular complexity index is 1020. The molecule has 0 aromatic carbocycles. The standard InChI is InChI=1S/C17H17N5O2S/c1-10-9-25-15-14(10)17(24)22-6-5-21(4-3-13(22)20-15)16(23)12-8-18-11(2)7-19-12/h7-9H,3-6H2,1-2H3. The van der Waals surface area contributed by atoms with E-state index in [0.29, 0.717) is 37.1 Å². The first kappa shape index (κ1) is 15.9. The highest BCUT2D eigenvalue weighted by molar-refractivity contribution is 7.16. The minimum absolute atomic E-state index is 0.0109. The van der Waals surface area contributed by atoms with Crippen LogP contribution in [0.4, 0.5) is 0 Å². The van der Waals surface area contributed by atoms with Gasteiger partial charge in [-0.25, -0.2) is 9.97 Å². The Balaban J connectivity index is 1.65. The van der Waals surface area contributed by atoms with Gasteiger partial charge in [-0.15, -0.1) is 11.3 Å². The third kappa shape index (κ3) is 2.72. The molecule has 0 N–H and O–H groups in total. The van der Waals surface area contributed by atoms with E-state index in [1.54, 1.807) is 15.7 Å². The summed E-state index contributed by atoms with van der Waals surface area (Å²) >= 11 is 1.49. The third-order valence-corrected chi connectivity index (χ3v) is 5.43. The fourth-order valence-corrected chi connectivity index (χ4v) is 3.99. The lowest BCUT2D eigenvalue weighted by Gasteiger charge is -2.19. The van der Waals surface area contributed by atoms with Crippen molar-refractivity contribution in [1.82, 2.24) is 24.4 Å². The van der Waals surface area contributed by atoms with Gasteiger partial charge in [-0.3, -0.25) is 19.1 Å². The molecule has 0 radical (unpaired) electrons. The van der Waals surface area contributed by atoms with Gasteiger partial charge in [-0.1, -0.05) is 0 Å². The zero-order chi connectivity index (χ0) is 17.6. The number of thiophene rings is 1. The Morgan fingerprint density at radius 2 is 2.00 bits per heavy atom. The van der Waals surface area contributed by atoms with E-state index in [4.69, 9.17) is 0 Å². The SMILES string of the molecule is Cc1cnc(C(=O)N2CCc3nc4scc(C)c4c(=O)n3CC2)cn1. The highest BCUT2D eigenvalue weighted by Gasteiger charge is 2.23. The minimum atomic E-state index is -0.161. The molecule has 7 nitrogen and oxygen atoms in total. The highest BCUT2D eigenvalue weighted by atomic mass is 32.1. The second kappa shape index (κ2) is 6.03. The largest absolute Gasteiger partial charge is 0.335 e. The van der Waals surface area contributed by atoms with Gasteiger partial charge in [0.25, 0.3) is 11.5 Å². The first-order valence-corrected chi connectivity index (χ1v) is 8.98. The zero-order valence-corrected chi connectivity index (χ0v) is 14.8. The topological polar surface area (TPSA) is 81.0 Å². The summed E-state index contributed by atoms with van der Waals surface area (Å²) in [5.41, 5.74) is 2.04. The molecule has 0 unspecified atom stereocenters. The molecule has 4 heterocycles. The number of hydrogen-bond acceptors (Lipinski definition) is 6. The quantitative estimate of drug-likeness (QED) is 0.662. The van der Waals surface area contributed by atoms with Crippen LogP contribution in [0.1, 0.15) is 27.6 Å². The molecule has 0 spiro atoms. The summed E-state index contributed by atoms with van der Waals surface area (Å²) in [6.07, 6.45) is 3.63. The molecule has 3 aromatic heterocycles. The number of hydrogen-bond donors (Lipinski definition) is 0. The second-order valence-corrected chi connectivity index (χ2v) is 7.03. The van der Waals surface area contributed by atoms with E-state index < -0.39 is 0 Å². The Hall–Kier alpha value is -2.61. The van der Waals surface area contributed by atoms with Crippen molar-refractivity contribution in [1.29, 1.82) is 0 Å². The van der Waals surface area contributed by atoms with Crippen molar-refractivity contribution in [2.24, 2.45) is 0 Å². The molecule has 0 atom stereocenters. The van der Waals surface area contributed by atoms with Crippen molar-refractivity contribution in [2.45, 2.75) is 26.8 Å². The third-order valence-electron chi connectivity index (χ3n) is 4.44. The summed E-state index contributed by atoms with van der Waals surface area (Å²) < 4.78 is 1.70. The minimum Gasteiger partial charge on any atom is -0.335 e. The predicted molar refractivity (Wildman–Crippen MR) is 95.0 cm³/mol. The summed E-state index contributed by atoms with van der Waals surface area (Å²) in [5.74, 6) is 0.580. The molecule has 4 rings (SSSR count). The summed E-state index contributed by atoms with van der Waals surface area (Å²) in [6.45, 7) is 5.17. The van der Waals surface area contributed by atoms with Crippen LogP contribution >= 0.6 is 11.3 Å². The molecular formula is C17H17N5O2S. The number of amides is 1. The monoisotopic (exact) mass is 355 g/mol. The molecule has 3 aromatic rings. The molecule has 0 fully saturated rings. The molecule has 1 amide bonds. The van der Waals surface area contributed by atoms with Gasteiger partial charge in [0, 0.05) is 32.3 Å². The number of carbonyl (C=O) groups excluding carboxylic acids is 1. The van der Waals surface area contributed by atoms with Crippen molar-refractivity contribution in [3.8, 4) is 0 Å². The van der Waals surface area contributed by atoms with Gasteiger partial charge in [0.15, 0.2) is 0 Å². The molecule has 0 aliphatic carbocycles. The van der Waals surface area contributed by atoms with Gasteiger partial charge in [0.1, 0.15) is 16.3 Å². The van der Waals surface area contributed by atoms with Crippen molar-refractivity contribution < 1.29 is 4.79 Å². The van der Waals surface area contributed by atoms with E-state index >= 15 is 0 Å². The van der Waals surface area contributed by atoms with E-state index in [9.17, 15) is 9.59 Å². The Morgan fingerprint density at radius 1 is 1.16 bits per heavy atom. The van der Waals surface area contributed by atoms with Crippen molar-refractivity contribution in [3.63, 3.8) is 0 Å². The number of aromatic nitrogens is 4. The van der Waals surface area contributed by atoms with Gasteiger partial charge in [0.2, 0.25) is 0 Å². The fraction of sp³-hybridized carbons (Fsp3) is 0.353. The number of nitrogens with zero attached hydrogens (tertiary/aromatic N) is 5. The molecule has 128 valence electrons. The van der Waals surface area contributed by atoms with Crippen LogP contribution in [0.3, 0.4) is 0 Å². The van der Waals surface area contributed by atoms with E-state index in [1.807, 2.05) is 19.2 Å². The fourth-order valence-electron chi connectivity index (χ4n) is 3.06. The first-order chi connectivity index (χ1) is 12.0. The van der Waals surface area contributed by atoms with E-state index in [2.05, 4.69) is 15.0 Å². The summed E-state index contributed by atoms with van der Waals surface area (Å²) in [6, 6.07) is 0. The summed E-state index contributed by atoms with van der Waals surface area (Å²) in [7, 11) is 0. The van der Waals surface area contributed by atoms with E-state index in [0.717, 1.165) is 21.9 Å². The smallest absolute Gasteiger partial charge is 0.274 e. The van der Waals surface area contributed by atoms with Gasteiger partial charge in [-0.05, 0) is 24.8 Å². The summed E-state index contributed by atoms with van der Waals surface area (Å²) in [5, 5.41) is 2.66. The average molecular weight is 355 g/mol. The maximum absolute atomic E-state index is 12.8. The second-order valence-electron chi connectivity index (χ2n) is 6.17. The van der Waals surface area contributed by atoms with Crippen LogP contribution < -0.4 is 5.56 Å². The maximum atomic E-state index is 12.8. The van der Waals surface area contributed by atoms with Gasteiger partial charge < -0.3 is 4.90 Å². The molecule has 0 saturated carbocycles. The Kier molecular flexibility index (Phi) is 3.84. The molecule has 25 heavy (non-hydrogen) atoms. The van der Waals surface area contributed by atoms with E-state index in [1.165, 1.54) is 17.5 Å². The van der Waals surface area contributed by atoms with Crippen LogP contribution in [0.5, 0.6) is 0 Å². The molecule has 1 aliphatic heterocycles. The van der Waals surface area contributed by atoms with E-state index in [-0.39, 0.29) is 11.5 Å². The molecule has 0 saturated heterocycles. The lowest BCUT2D eigenvalue weighted by molar-refractivity contribution is 0.0752. The molecule has 8 heteroatoms. The molecule has 0 bridgehead atoms. The first-order valence-electron chi connectivity index (χ1n) is 8.10. The Labute approximate surface area is 148 Å². The normalized spacial score (nSPS) is 14.4. The maximum Gasteiger partial charge on any atom is 0.274 e. The molecule has 1 aliphatic rings. The van der Waals surface area contributed by atoms with Crippen molar-refractivity contribution in [3.05, 3.63) is 50.9 Å². The summed E-state index contributed by atoms with van der Waals surface area (Å²) in [4.78, 5) is 40.9. The van der Waals surface area contributed by atoms with Gasteiger partial charge >= 0.3 is 0 Å². The van der Waals surface area contributed by atoms with Crippen LogP contribution in [0, 0.1) is 13.8 Å². The average Bonchev–Trinajstić information content (AvgIpc) is 2.84. The number of rotatable bonds is 1. The number of carbonyl (C=O) groups is 1. The zero-order valence-electron chi connectivity index (χ0n) is 14.0. The van der Waals surface area contributed by atoms with Crippen LogP contribution in [0.25, 0.3) is 10.2 Å². The van der Waals surface area contributed by atoms with Crippen molar-refractivity contribution in [2.75, 3.05) is 13.1 Å². The number of aryl methyl sites for hydroxylation is 2. The lowest BCUT2D eigenvalue weighted by atomic mass is 10.2. The molecular weight excluding hydrogens is 338 g/mol. The van der Waals surface area contributed by atoms with Gasteiger partial charge in [-0.2, -0.15) is 0 Å². The lowest BCUT2D eigenvalue weighted by Crippen LogP contribution is -2.34. The highest BCUT2D eigenvalue weighted by Crippen LogP contribution is 2.21.